The molecule has 0 aliphatic carbocycles. The number of rotatable bonds is 4. The molecule has 0 aliphatic rings. The Kier molecular flexibility index (Phi) is 4.25. The van der Waals surface area contributed by atoms with Gasteiger partial charge in [-0.25, -0.2) is 4.39 Å². The van der Waals surface area contributed by atoms with E-state index in [1.165, 1.54) is 24.4 Å². The van der Waals surface area contributed by atoms with Crippen molar-refractivity contribution >= 4 is 28.2 Å². The van der Waals surface area contributed by atoms with Crippen molar-refractivity contribution in [3.05, 3.63) is 76.4 Å². The molecular weight excluding hydrogens is 315 g/mol. The number of halogens is 1. The van der Waals surface area contributed by atoms with Crippen LogP contribution in [0.5, 0.6) is 0 Å². The van der Waals surface area contributed by atoms with Gasteiger partial charge in [-0.05, 0) is 36.8 Å². The molecule has 1 atom stereocenters. The molecule has 0 amide bonds. The van der Waals surface area contributed by atoms with Gasteiger partial charge in [0.25, 0.3) is 5.69 Å². The zero-order valence-electron chi connectivity index (χ0n) is 12.3. The molecule has 2 aromatic carbocycles. The van der Waals surface area contributed by atoms with Crippen LogP contribution in [0, 0.1) is 15.9 Å². The van der Waals surface area contributed by atoms with Crippen LogP contribution in [0.25, 0.3) is 10.8 Å². The highest BCUT2D eigenvalue weighted by Gasteiger charge is 2.16. The van der Waals surface area contributed by atoms with Crippen LogP contribution in [-0.2, 0) is 0 Å². The number of fused-ring (bicyclic) bond motifs is 1. The predicted octanol–water partition coefficient (Wildman–Crippen LogP) is 5.14. The minimum absolute atomic E-state index is 0.0480. The lowest BCUT2D eigenvalue weighted by molar-refractivity contribution is -0.383. The number of pyridine rings is 1. The molecule has 4 nitrogen and oxygen atoms in total. The quantitative estimate of drug-likeness (QED) is 0.378. The monoisotopic (exact) mass is 328 g/mol. The molecule has 0 saturated carbocycles. The van der Waals surface area contributed by atoms with Gasteiger partial charge in [-0.3, -0.25) is 15.1 Å². The number of aromatic nitrogens is 1. The van der Waals surface area contributed by atoms with Crippen LogP contribution < -0.4 is 0 Å². The number of thioether (sulfide) groups is 1. The average molecular weight is 328 g/mol. The SMILES string of the molecule is CC(Sc1ccc([N+](=O)[O-])c2cnccc12)c1ccc(F)cc1. The summed E-state index contributed by atoms with van der Waals surface area (Å²) in [5, 5.41) is 12.5. The fraction of sp³-hybridized carbons (Fsp3) is 0.118. The molecule has 0 aliphatic heterocycles. The van der Waals surface area contributed by atoms with E-state index < -0.39 is 4.92 Å². The normalized spacial score (nSPS) is 12.3. The van der Waals surface area contributed by atoms with Crippen LogP contribution in [-0.4, -0.2) is 9.91 Å². The Morgan fingerprint density at radius 3 is 2.57 bits per heavy atom. The average Bonchev–Trinajstić information content (AvgIpc) is 2.55. The number of benzene rings is 2. The van der Waals surface area contributed by atoms with Crippen LogP contribution in [0.1, 0.15) is 17.7 Å². The number of nitrogens with zero attached hydrogens (tertiary/aromatic N) is 2. The first-order chi connectivity index (χ1) is 11.1. The molecule has 1 aromatic heterocycles. The fourth-order valence-corrected chi connectivity index (χ4v) is 3.53. The third-order valence-corrected chi connectivity index (χ3v) is 4.83. The van der Waals surface area contributed by atoms with E-state index in [9.17, 15) is 14.5 Å². The molecule has 0 radical (unpaired) electrons. The molecule has 6 heteroatoms. The van der Waals surface area contributed by atoms with Crippen molar-refractivity contribution < 1.29 is 9.31 Å². The molecule has 23 heavy (non-hydrogen) atoms. The van der Waals surface area contributed by atoms with Crippen molar-refractivity contribution in [3.63, 3.8) is 0 Å². The Morgan fingerprint density at radius 2 is 1.87 bits per heavy atom. The first kappa shape index (κ1) is 15.4. The molecule has 116 valence electrons. The van der Waals surface area contributed by atoms with Crippen LogP contribution in [0.2, 0.25) is 0 Å². The smallest absolute Gasteiger partial charge is 0.264 e. The highest BCUT2D eigenvalue weighted by molar-refractivity contribution is 7.99. The number of nitro groups is 1. The third kappa shape index (κ3) is 3.17. The van der Waals surface area contributed by atoms with E-state index in [1.54, 1.807) is 42.2 Å². The summed E-state index contributed by atoms with van der Waals surface area (Å²) >= 11 is 1.58. The van der Waals surface area contributed by atoms with E-state index in [2.05, 4.69) is 4.98 Å². The van der Waals surface area contributed by atoms with Gasteiger partial charge in [0.05, 0.1) is 10.3 Å². The summed E-state index contributed by atoms with van der Waals surface area (Å²) in [7, 11) is 0. The van der Waals surface area contributed by atoms with Gasteiger partial charge in [-0.1, -0.05) is 12.1 Å². The van der Waals surface area contributed by atoms with Crippen molar-refractivity contribution in [2.75, 3.05) is 0 Å². The summed E-state index contributed by atoms with van der Waals surface area (Å²) in [6.45, 7) is 2.02. The summed E-state index contributed by atoms with van der Waals surface area (Å²) in [4.78, 5) is 15.7. The largest absolute Gasteiger partial charge is 0.278 e. The number of non-ortho nitro benzene ring substituents is 1. The Bertz CT molecular complexity index is 868. The minimum atomic E-state index is -0.401. The second-order valence-corrected chi connectivity index (χ2v) is 6.46. The van der Waals surface area contributed by atoms with Crippen molar-refractivity contribution in [1.29, 1.82) is 0 Å². The lowest BCUT2D eigenvalue weighted by atomic mass is 10.1. The van der Waals surface area contributed by atoms with Gasteiger partial charge in [0.1, 0.15) is 5.82 Å². The topological polar surface area (TPSA) is 56.0 Å². The van der Waals surface area contributed by atoms with Gasteiger partial charge in [-0.15, -0.1) is 11.8 Å². The fourth-order valence-electron chi connectivity index (χ4n) is 2.40. The van der Waals surface area contributed by atoms with Gasteiger partial charge < -0.3 is 0 Å². The van der Waals surface area contributed by atoms with Crippen molar-refractivity contribution in [1.82, 2.24) is 4.98 Å². The number of hydrogen-bond donors (Lipinski definition) is 0. The van der Waals surface area contributed by atoms with Gasteiger partial charge >= 0.3 is 0 Å². The Morgan fingerprint density at radius 1 is 1.13 bits per heavy atom. The van der Waals surface area contributed by atoms with Crippen molar-refractivity contribution in [3.8, 4) is 0 Å². The molecule has 0 spiro atoms. The van der Waals surface area contributed by atoms with Crippen LogP contribution in [0.3, 0.4) is 0 Å². The highest BCUT2D eigenvalue weighted by atomic mass is 32.2. The predicted molar refractivity (Wildman–Crippen MR) is 89.1 cm³/mol. The zero-order chi connectivity index (χ0) is 16.4. The Labute approximate surface area is 136 Å². The van der Waals surface area contributed by atoms with E-state index in [0.29, 0.717) is 5.39 Å². The highest BCUT2D eigenvalue weighted by Crippen LogP contribution is 2.40. The molecule has 3 rings (SSSR count). The van der Waals surface area contributed by atoms with E-state index in [4.69, 9.17) is 0 Å². The second kappa shape index (κ2) is 6.34. The number of hydrogen-bond acceptors (Lipinski definition) is 4. The first-order valence-corrected chi connectivity index (χ1v) is 7.87. The molecule has 0 saturated heterocycles. The summed E-state index contributed by atoms with van der Waals surface area (Å²) in [6, 6.07) is 11.4. The Balaban J connectivity index is 1.99. The second-order valence-electron chi connectivity index (χ2n) is 5.07. The Hall–Kier alpha value is -2.47. The maximum absolute atomic E-state index is 13.0. The van der Waals surface area contributed by atoms with Gasteiger partial charge in [0.2, 0.25) is 0 Å². The van der Waals surface area contributed by atoms with Crippen molar-refractivity contribution in [2.24, 2.45) is 0 Å². The molecule has 1 unspecified atom stereocenters. The van der Waals surface area contributed by atoms with Gasteiger partial charge in [-0.2, -0.15) is 0 Å². The molecule has 1 heterocycles. The van der Waals surface area contributed by atoms with E-state index >= 15 is 0 Å². The number of nitro benzene ring substituents is 1. The van der Waals surface area contributed by atoms with Gasteiger partial charge in [0.15, 0.2) is 0 Å². The van der Waals surface area contributed by atoms with E-state index in [1.807, 2.05) is 6.92 Å². The molecule has 3 aromatic rings. The van der Waals surface area contributed by atoms with Crippen molar-refractivity contribution in [2.45, 2.75) is 17.1 Å². The maximum atomic E-state index is 13.0. The lowest BCUT2D eigenvalue weighted by Crippen LogP contribution is -1.93. The van der Waals surface area contributed by atoms with Gasteiger partial charge in [0, 0.05) is 34.0 Å². The van der Waals surface area contributed by atoms with Crippen LogP contribution >= 0.6 is 11.8 Å². The molecule has 0 N–H and O–H groups in total. The third-order valence-electron chi connectivity index (χ3n) is 3.59. The summed E-state index contributed by atoms with van der Waals surface area (Å²) in [5.41, 5.74) is 1.05. The minimum Gasteiger partial charge on any atom is -0.264 e. The zero-order valence-corrected chi connectivity index (χ0v) is 13.1. The van der Waals surface area contributed by atoms with E-state index in [0.717, 1.165) is 15.8 Å². The molecular formula is C17H13FN2O2S. The summed E-state index contributed by atoms with van der Waals surface area (Å²) in [6.07, 6.45) is 3.14. The molecule has 0 fully saturated rings. The summed E-state index contributed by atoms with van der Waals surface area (Å²) in [5.74, 6) is -0.266. The molecule has 0 bridgehead atoms. The van der Waals surface area contributed by atoms with Crippen LogP contribution in [0.4, 0.5) is 10.1 Å². The first-order valence-electron chi connectivity index (χ1n) is 6.99. The summed E-state index contributed by atoms with van der Waals surface area (Å²) < 4.78 is 13.0. The standard InChI is InChI=1S/C17H13FN2O2S/c1-11(12-2-4-13(18)5-3-12)23-17-7-6-16(20(21)22)15-10-19-9-8-14(15)17/h2-11H,1H3. The maximum Gasteiger partial charge on any atom is 0.278 e. The lowest BCUT2D eigenvalue weighted by Gasteiger charge is -2.13. The van der Waals surface area contributed by atoms with E-state index in [-0.39, 0.29) is 16.8 Å². The van der Waals surface area contributed by atoms with Crippen LogP contribution in [0.15, 0.2) is 59.8 Å².